The number of hydrogen-bond acceptors (Lipinski definition) is 8. The number of para-hydroxylation sites is 1. The zero-order valence-electron chi connectivity index (χ0n) is 18.1. The molecule has 0 aliphatic heterocycles. The average molecular weight is 510 g/mol. The van der Waals surface area contributed by atoms with Crippen LogP contribution in [0.5, 0.6) is 5.75 Å². The number of carbonyl (C=O) groups excluding carboxylic acids is 1. The fraction of sp³-hybridized carbons (Fsp3) is 0.421. The van der Waals surface area contributed by atoms with Gasteiger partial charge in [-0.05, 0) is 32.0 Å². The van der Waals surface area contributed by atoms with Crippen LogP contribution in [-0.2, 0) is 25.2 Å². The second-order valence-electron chi connectivity index (χ2n) is 6.95. The largest absolute Gasteiger partial charge is 0.465 e. The molecule has 1 aromatic carbocycles. The summed E-state index contributed by atoms with van der Waals surface area (Å²) in [6, 6.07) is 6.75. The molecule has 0 bridgehead atoms. The third-order valence-electron chi connectivity index (χ3n) is 4.18. The molecule has 2 aromatic rings. The molecule has 1 heterocycles. The standard InChI is InChI=1S/C19H23F4N4O6P/c1-3-31-16(28)13(2)26-34(30,33-14-7-5-4-6-8-14)32-12-19(22,23)18(20,21)11-27-10-9-15(24)25-17(27)29/h4-10,13H,3,11-12H2,1-2H3,(H,26,30)(H2,24,25,29)/t13-,34?/m0/s1. The highest BCUT2D eigenvalue weighted by Gasteiger charge is 2.58. The molecular weight excluding hydrogens is 487 g/mol. The van der Waals surface area contributed by atoms with E-state index in [1.165, 1.54) is 38.1 Å². The van der Waals surface area contributed by atoms with E-state index >= 15 is 0 Å². The van der Waals surface area contributed by atoms with Crippen LogP contribution >= 0.6 is 7.75 Å². The number of rotatable bonds is 12. The van der Waals surface area contributed by atoms with Crippen molar-refractivity contribution in [1.29, 1.82) is 0 Å². The number of halogens is 4. The van der Waals surface area contributed by atoms with E-state index < -0.39 is 50.4 Å². The van der Waals surface area contributed by atoms with E-state index in [0.717, 1.165) is 12.3 Å². The summed E-state index contributed by atoms with van der Waals surface area (Å²) in [6.45, 7) is -1.17. The van der Waals surface area contributed by atoms with Crippen LogP contribution in [0.3, 0.4) is 0 Å². The number of alkyl halides is 4. The van der Waals surface area contributed by atoms with Crippen molar-refractivity contribution in [1.82, 2.24) is 14.6 Å². The fourth-order valence-electron chi connectivity index (χ4n) is 2.43. The van der Waals surface area contributed by atoms with Gasteiger partial charge in [0.25, 0.3) is 0 Å². The first-order valence-electron chi connectivity index (χ1n) is 9.81. The highest BCUT2D eigenvalue weighted by Crippen LogP contribution is 2.47. The number of nitrogen functional groups attached to an aromatic ring is 1. The lowest BCUT2D eigenvalue weighted by molar-refractivity contribution is -0.228. The number of carbonyl (C=O) groups is 1. The van der Waals surface area contributed by atoms with Gasteiger partial charge in [0.05, 0.1) is 13.2 Å². The Morgan fingerprint density at radius 2 is 1.85 bits per heavy atom. The van der Waals surface area contributed by atoms with Crippen molar-refractivity contribution in [2.24, 2.45) is 0 Å². The van der Waals surface area contributed by atoms with Crippen molar-refractivity contribution >= 4 is 19.5 Å². The van der Waals surface area contributed by atoms with Gasteiger partial charge in [0.1, 0.15) is 24.2 Å². The number of anilines is 1. The number of hydrogen-bond donors (Lipinski definition) is 2. The second kappa shape index (κ2) is 11.0. The summed E-state index contributed by atoms with van der Waals surface area (Å²) < 4.78 is 85.5. The zero-order valence-corrected chi connectivity index (χ0v) is 19.0. The minimum absolute atomic E-state index is 0.0286. The molecule has 0 spiro atoms. The number of nitrogens with two attached hydrogens (primary N) is 1. The minimum atomic E-state index is -4.92. The number of nitrogens with zero attached hydrogens (tertiary/aromatic N) is 2. The van der Waals surface area contributed by atoms with Gasteiger partial charge in [-0.1, -0.05) is 18.2 Å². The first kappa shape index (κ1) is 27.3. The van der Waals surface area contributed by atoms with E-state index in [1.807, 2.05) is 0 Å². The Balaban J connectivity index is 2.22. The predicted molar refractivity (Wildman–Crippen MR) is 113 cm³/mol. The van der Waals surface area contributed by atoms with Gasteiger partial charge < -0.3 is 15.0 Å². The van der Waals surface area contributed by atoms with E-state index in [4.69, 9.17) is 15.0 Å². The first-order chi connectivity index (χ1) is 15.8. The Morgan fingerprint density at radius 3 is 2.44 bits per heavy atom. The molecule has 188 valence electrons. The van der Waals surface area contributed by atoms with E-state index in [0.29, 0.717) is 0 Å². The summed E-state index contributed by atoms with van der Waals surface area (Å²) >= 11 is 0. The van der Waals surface area contributed by atoms with Gasteiger partial charge in [0.2, 0.25) is 0 Å². The summed E-state index contributed by atoms with van der Waals surface area (Å²) in [7, 11) is -4.80. The average Bonchev–Trinajstić information content (AvgIpc) is 2.75. The van der Waals surface area contributed by atoms with Crippen molar-refractivity contribution in [3.63, 3.8) is 0 Å². The van der Waals surface area contributed by atoms with Gasteiger partial charge in [-0.2, -0.15) is 27.6 Å². The van der Waals surface area contributed by atoms with Crippen LogP contribution in [0.25, 0.3) is 0 Å². The normalized spacial score (nSPS) is 14.8. The van der Waals surface area contributed by atoms with Crippen LogP contribution in [0, 0.1) is 0 Å². The molecule has 1 aromatic heterocycles. The Hall–Kier alpha value is -2.96. The van der Waals surface area contributed by atoms with E-state index in [1.54, 1.807) is 6.07 Å². The Morgan fingerprint density at radius 1 is 1.21 bits per heavy atom. The molecule has 2 rings (SSSR count). The van der Waals surface area contributed by atoms with Crippen molar-refractivity contribution in [2.75, 3.05) is 18.9 Å². The van der Waals surface area contributed by atoms with Crippen LogP contribution in [-0.4, -0.2) is 46.6 Å². The molecule has 0 saturated heterocycles. The van der Waals surface area contributed by atoms with Gasteiger partial charge in [-0.3, -0.25) is 13.9 Å². The van der Waals surface area contributed by atoms with Gasteiger partial charge in [-0.25, -0.2) is 9.36 Å². The van der Waals surface area contributed by atoms with E-state index in [-0.39, 0.29) is 22.7 Å². The van der Waals surface area contributed by atoms with E-state index in [9.17, 15) is 31.7 Å². The number of benzene rings is 1. The van der Waals surface area contributed by atoms with Crippen LogP contribution in [0.4, 0.5) is 23.4 Å². The summed E-state index contributed by atoms with van der Waals surface area (Å²) in [5.41, 5.74) is 3.99. The Labute approximate surface area is 191 Å². The maximum atomic E-state index is 14.5. The molecule has 0 aliphatic rings. The number of esters is 1. The third-order valence-corrected chi connectivity index (χ3v) is 5.80. The molecule has 0 amide bonds. The molecule has 3 N–H and O–H groups in total. The van der Waals surface area contributed by atoms with Gasteiger partial charge >= 0.3 is 31.3 Å². The summed E-state index contributed by atoms with van der Waals surface area (Å²) in [5, 5.41) is 2.09. The van der Waals surface area contributed by atoms with E-state index in [2.05, 4.69) is 14.6 Å². The van der Waals surface area contributed by atoms with Crippen molar-refractivity contribution in [2.45, 2.75) is 38.3 Å². The molecule has 0 fully saturated rings. The minimum Gasteiger partial charge on any atom is -0.465 e. The molecule has 0 aliphatic carbocycles. The summed E-state index contributed by atoms with van der Waals surface area (Å²) in [4.78, 5) is 26.7. The SMILES string of the molecule is CCOC(=O)[C@H](C)NP(=O)(OCC(F)(F)C(F)(F)Cn1ccc(N)nc1=O)Oc1ccccc1. The van der Waals surface area contributed by atoms with Crippen molar-refractivity contribution in [3.8, 4) is 5.75 Å². The van der Waals surface area contributed by atoms with Crippen LogP contribution < -0.4 is 21.0 Å². The third kappa shape index (κ3) is 7.27. The second-order valence-corrected chi connectivity index (χ2v) is 8.64. The quantitative estimate of drug-likeness (QED) is 0.251. The highest BCUT2D eigenvalue weighted by molar-refractivity contribution is 7.52. The Bertz CT molecular complexity index is 1090. The van der Waals surface area contributed by atoms with Gasteiger partial charge in [-0.15, -0.1) is 0 Å². The number of aromatic nitrogens is 2. The monoisotopic (exact) mass is 510 g/mol. The van der Waals surface area contributed by atoms with Crippen LogP contribution in [0.15, 0.2) is 47.4 Å². The Kier molecular flexibility index (Phi) is 8.81. The summed E-state index contributed by atoms with van der Waals surface area (Å²) in [6.07, 6.45) is 0.779. The zero-order chi connectivity index (χ0) is 25.6. The molecular formula is C19H23F4N4O6P. The fourth-order valence-corrected chi connectivity index (χ4v) is 3.92. The number of ether oxygens (including phenoxy) is 1. The molecule has 10 nitrogen and oxygen atoms in total. The molecule has 1 unspecified atom stereocenters. The molecule has 15 heteroatoms. The lowest BCUT2D eigenvalue weighted by Crippen LogP contribution is -2.49. The smallest absolute Gasteiger partial charge is 0.459 e. The maximum absolute atomic E-state index is 14.5. The van der Waals surface area contributed by atoms with Crippen molar-refractivity contribution in [3.05, 3.63) is 53.1 Å². The lowest BCUT2D eigenvalue weighted by atomic mass is 10.2. The molecule has 0 radical (unpaired) electrons. The lowest BCUT2D eigenvalue weighted by Gasteiger charge is -2.29. The van der Waals surface area contributed by atoms with Gasteiger partial charge in [0, 0.05) is 6.20 Å². The molecule has 0 saturated carbocycles. The molecule has 2 atom stereocenters. The highest BCUT2D eigenvalue weighted by atomic mass is 31.2. The predicted octanol–water partition coefficient (Wildman–Crippen LogP) is 2.84. The maximum Gasteiger partial charge on any atom is 0.459 e. The summed E-state index contributed by atoms with van der Waals surface area (Å²) in [5.74, 6) is -11.0. The van der Waals surface area contributed by atoms with Gasteiger partial charge in [0.15, 0.2) is 0 Å². The van der Waals surface area contributed by atoms with Crippen LogP contribution in [0.1, 0.15) is 13.8 Å². The van der Waals surface area contributed by atoms with Crippen molar-refractivity contribution < 1.29 is 40.7 Å². The van der Waals surface area contributed by atoms with Crippen LogP contribution in [0.2, 0.25) is 0 Å². The first-order valence-corrected chi connectivity index (χ1v) is 11.3. The number of nitrogens with one attached hydrogen (secondary N) is 1. The topological polar surface area (TPSA) is 135 Å². The molecule has 34 heavy (non-hydrogen) atoms.